The monoisotopic (exact) mass is 711 g/mol. The number of fused-ring (bicyclic) bond motifs is 1. The number of primary amides is 1. The van der Waals surface area contributed by atoms with Gasteiger partial charge in [-0.05, 0) is 52.1 Å². The van der Waals surface area contributed by atoms with E-state index in [1.807, 2.05) is 72.8 Å². The molecule has 4 aromatic rings. The van der Waals surface area contributed by atoms with E-state index < -0.39 is 30.3 Å². The van der Waals surface area contributed by atoms with Crippen molar-refractivity contribution in [3.05, 3.63) is 114 Å². The summed E-state index contributed by atoms with van der Waals surface area (Å²) in [5.41, 5.74) is 8.71. The molecule has 2 saturated heterocycles. The Morgan fingerprint density at radius 2 is 1.60 bits per heavy atom. The lowest BCUT2D eigenvalue weighted by molar-refractivity contribution is -0.0701. The molecule has 2 aliphatic heterocycles. The van der Waals surface area contributed by atoms with Crippen LogP contribution in [0, 0.1) is 5.92 Å². The van der Waals surface area contributed by atoms with Gasteiger partial charge in [0.05, 0.1) is 52.3 Å². The quantitative estimate of drug-likeness (QED) is 0.129. The number of hydrogen-bond donors (Lipinski definition) is 2. The third-order valence-corrected chi connectivity index (χ3v) is 9.90. The molecular formula is C41H49N3O8. The maximum Gasteiger partial charge on any atom is 0.407 e. The minimum absolute atomic E-state index is 0.165. The molecular weight excluding hydrogens is 662 g/mol. The molecule has 0 saturated carbocycles. The predicted molar refractivity (Wildman–Crippen MR) is 197 cm³/mol. The Bertz CT molecular complexity index is 1720. The average Bonchev–Trinajstić information content (AvgIpc) is 3.17. The van der Waals surface area contributed by atoms with E-state index in [9.17, 15) is 14.7 Å². The zero-order valence-electron chi connectivity index (χ0n) is 29.5. The van der Waals surface area contributed by atoms with Crippen LogP contribution < -0.4 is 10.5 Å². The van der Waals surface area contributed by atoms with E-state index in [0.29, 0.717) is 46.0 Å². The van der Waals surface area contributed by atoms with Crippen molar-refractivity contribution in [3.8, 4) is 5.75 Å². The molecule has 6 rings (SSSR count). The van der Waals surface area contributed by atoms with Gasteiger partial charge in [-0.1, -0.05) is 78.9 Å². The largest absolute Gasteiger partial charge is 0.494 e. The van der Waals surface area contributed by atoms with Gasteiger partial charge in [-0.2, -0.15) is 0 Å². The van der Waals surface area contributed by atoms with Crippen LogP contribution >= 0.6 is 0 Å². The number of nitrogens with two attached hydrogens (primary N) is 1. The first-order chi connectivity index (χ1) is 25.4. The van der Waals surface area contributed by atoms with Gasteiger partial charge in [0.25, 0.3) is 0 Å². The van der Waals surface area contributed by atoms with Gasteiger partial charge in [0.15, 0.2) is 0 Å². The van der Waals surface area contributed by atoms with E-state index >= 15 is 0 Å². The van der Waals surface area contributed by atoms with Gasteiger partial charge >= 0.3 is 12.2 Å². The zero-order chi connectivity index (χ0) is 36.1. The topological polar surface area (TPSA) is 133 Å². The molecule has 4 atom stereocenters. The maximum atomic E-state index is 12.5. The fourth-order valence-electron chi connectivity index (χ4n) is 7.25. The normalized spacial score (nSPS) is 20.0. The van der Waals surface area contributed by atoms with Gasteiger partial charge in [0.1, 0.15) is 11.9 Å². The predicted octanol–water partition coefficient (Wildman–Crippen LogP) is 6.29. The summed E-state index contributed by atoms with van der Waals surface area (Å²) in [5, 5.41) is 12.5. The number of carbonyl (C=O) groups excluding carboxylic acids is 1. The molecule has 2 aliphatic rings. The van der Waals surface area contributed by atoms with Crippen LogP contribution in [-0.4, -0.2) is 98.5 Å². The highest BCUT2D eigenvalue weighted by molar-refractivity contribution is 5.82. The van der Waals surface area contributed by atoms with Crippen LogP contribution in [0.3, 0.4) is 0 Å². The summed E-state index contributed by atoms with van der Waals surface area (Å²) in [6.45, 7) is 5.75. The van der Waals surface area contributed by atoms with E-state index in [2.05, 4.69) is 29.2 Å². The number of hydrogen-bond acceptors (Lipinski definition) is 8. The Morgan fingerprint density at radius 3 is 2.35 bits per heavy atom. The van der Waals surface area contributed by atoms with Gasteiger partial charge in [-0.25, -0.2) is 9.59 Å². The molecule has 0 spiro atoms. The Kier molecular flexibility index (Phi) is 13.3. The second-order valence-corrected chi connectivity index (χ2v) is 13.4. The molecule has 2 amide bonds. The number of morpholine rings is 1. The highest BCUT2D eigenvalue weighted by atomic mass is 16.6. The number of amides is 2. The van der Waals surface area contributed by atoms with Crippen LogP contribution in [0.2, 0.25) is 0 Å². The third kappa shape index (κ3) is 10.4. The van der Waals surface area contributed by atoms with E-state index in [4.69, 9.17) is 29.4 Å². The molecule has 0 aromatic heterocycles. The van der Waals surface area contributed by atoms with Crippen molar-refractivity contribution in [2.45, 2.75) is 44.2 Å². The second kappa shape index (κ2) is 18.7. The van der Waals surface area contributed by atoms with Crippen molar-refractivity contribution in [1.29, 1.82) is 0 Å². The van der Waals surface area contributed by atoms with Crippen LogP contribution in [0.15, 0.2) is 97.1 Å². The number of ether oxygens (including phenoxy) is 5. The second-order valence-electron chi connectivity index (χ2n) is 13.4. The highest BCUT2D eigenvalue weighted by Crippen LogP contribution is 2.40. The van der Waals surface area contributed by atoms with E-state index in [1.165, 1.54) is 4.90 Å². The van der Waals surface area contributed by atoms with Crippen LogP contribution in [0.25, 0.3) is 10.8 Å². The number of carboxylic acid groups (broad SMARTS) is 1. The molecule has 2 fully saturated rings. The Hall–Kier alpha value is -4.68. The van der Waals surface area contributed by atoms with Crippen molar-refractivity contribution < 1.29 is 38.4 Å². The molecule has 276 valence electrons. The SMILES string of the molecule is NC(=O)OC(CCN1CCOCC1)C1CN(C(=O)O)CC(OCc2ccc3ccccc3c2)C1c1ccc(OCCCOCc2ccccc2)cc1. The molecule has 2 heterocycles. The number of piperidine rings is 1. The van der Waals surface area contributed by atoms with Crippen molar-refractivity contribution >= 4 is 23.0 Å². The molecule has 11 heteroatoms. The van der Waals surface area contributed by atoms with Crippen LogP contribution in [0.5, 0.6) is 5.75 Å². The lowest BCUT2D eigenvalue weighted by Gasteiger charge is -2.45. The van der Waals surface area contributed by atoms with Gasteiger partial charge in [0.2, 0.25) is 0 Å². The summed E-state index contributed by atoms with van der Waals surface area (Å²) in [5.74, 6) is -0.00345. The fraction of sp³-hybridized carbons (Fsp3) is 0.415. The number of benzene rings is 4. The van der Waals surface area contributed by atoms with Crippen LogP contribution in [0.1, 0.15) is 35.4 Å². The van der Waals surface area contributed by atoms with Gasteiger partial charge in [0, 0.05) is 44.4 Å². The standard InChI is InChI=1S/C41H49N3O8/c42-40(45)52-37(17-18-43-19-23-48-24-20-43)36-26-44(41(46)47)27-38(51-29-31-11-12-32-9-4-5-10-34(32)25-31)39(36)33-13-15-35(16-14-33)50-22-6-21-49-28-30-7-2-1-3-8-30/h1-5,7-16,25,36-39H,6,17-24,26-29H2,(H2,42,45)(H,46,47). The van der Waals surface area contributed by atoms with E-state index in [0.717, 1.165) is 52.7 Å². The van der Waals surface area contributed by atoms with Crippen molar-refractivity contribution in [2.24, 2.45) is 11.7 Å². The van der Waals surface area contributed by atoms with Gasteiger partial charge in [-0.15, -0.1) is 0 Å². The first-order valence-electron chi connectivity index (χ1n) is 18.1. The molecule has 4 aromatic carbocycles. The first-order valence-corrected chi connectivity index (χ1v) is 18.1. The van der Waals surface area contributed by atoms with E-state index in [-0.39, 0.29) is 25.6 Å². The average molecular weight is 712 g/mol. The number of carbonyl (C=O) groups is 2. The lowest BCUT2D eigenvalue weighted by Crippen LogP contribution is -2.55. The molecule has 52 heavy (non-hydrogen) atoms. The Morgan fingerprint density at radius 1 is 0.846 bits per heavy atom. The molecule has 0 bridgehead atoms. The number of likely N-dealkylation sites (tertiary alicyclic amines) is 1. The summed E-state index contributed by atoms with van der Waals surface area (Å²) >= 11 is 0. The smallest absolute Gasteiger partial charge is 0.407 e. The molecule has 0 radical (unpaired) electrons. The van der Waals surface area contributed by atoms with Crippen LogP contribution in [-0.2, 0) is 32.2 Å². The molecule has 3 N–H and O–H groups in total. The minimum atomic E-state index is -1.05. The number of rotatable bonds is 16. The summed E-state index contributed by atoms with van der Waals surface area (Å²) in [4.78, 5) is 28.5. The highest BCUT2D eigenvalue weighted by Gasteiger charge is 2.45. The summed E-state index contributed by atoms with van der Waals surface area (Å²) < 4.78 is 29.9. The van der Waals surface area contributed by atoms with E-state index in [1.54, 1.807) is 0 Å². The minimum Gasteiger partial charge on any atom is -0.494 e. The lowest BCUT2D eigenvalue weighted by atomic mass is 9.75. The van der Waals surface area contributed by atoms with Crippen molar-refractivity contribution in [1.82, 2.24) is 9.80 Å². The molecule has 0 aliphatic carbocycles. The van der Waals surface area contributed by atoms with Crippen LogP contribution in [0.4, 0.5) is 9.59 Å². The van der Waals surface area contributed by atoms with Gasteiger partial charge in [-0.3, -0.25) is 4.90 Å². The first kappa shape index (κ1) is 37.1. The summed E-state index contributed by atoms with van der Waals surface area (Å²) in [6.07, 6.45) is -1.89. The summed E-state index contributed by atoms with van der Waals surface area (Å²) in [7, 11) is 0. The Balaban J connectivity index is 1.20. The fourth-order valence-corrected chi connectivity index (χ4v) is 7.25. The van der Waals surface area contributed by atoms with Gasteiger partial charge < -0.3 is 39.4 Å². The Labute approximate surface area is 305 Å². The zero-order valence-corrected chi connectivity index (χ0v) is 29.5. The molecule has 4 unspecified atom stereocenters. The van der Waals surface area contributed by atoms with Crippen molar-refractivity contribution in [2.75, 3.05) is 59.2 Å². The molecule has 11 nitrogen and oxygen atoms in total. The third-order valence-electron chi connectivity index (χ3n) is 9.90. The summed E-state index contributed by atoms with van der Waals surface area (Å²) in [6, 6.07) is 32.3. The number of nitrogens with zero attached hydrogens (tertiary/aromatic N) is 2. The van der Waals surface area contributed by atoms with Crippen molar-refractivity contribution in [3.63, 3.8) is 0 Å². The maximum absolute atomic E-state index is 12.5.